The first-order chi connectivity index (χ1) is 16.0. The number of carbonyl (C=O) groups excluding carboxylic acids is 2. The van der Waals surface area contributed by atoms with E-state index in [9.17, 15) is 9.59 Å². The van der Waals surface area contributed by atoms with Gasteiger partial charge in [-0.1, -0.05) is 23.4 Å². The van der Waals surface area contributed by atoms with Crippen molar-refractivity contribution in [1.82, 2.24) is 15.0 Å². The molecule has 3 heterocycles. The molecule has 0 radical (unpaired) electrons. The molecule has 0 bridgehead atoms. The molecule has 0 aliphatic carbocycles. The quantitative estimate of drug-likeness (QED) is 0.611. The number of aryl methyl sites for hydroxylation is 2. The summed E-state index contributed by atoms with van der Waals surface area (Å²) in [5, 5.41) is 4.13. The first kappa shape index (κ1) is 21.3. The summed E-state index contributed by atoms with van der Waals surface area (Å²) in [6, 6.07) is 13.3. The maximum absolute atomic E-state index is 12.8. The lowest BCUT2D eigenvalue weighted by atomic mass is 10.1. The molecule has 1 aromatic heterocycles. The predicted octanol–water partition coefficient (Wildman–Crippen LogP) is 3.35. The highest BCUT2D eigenvalue weighted by Gasteiger charge is 2.35. The minimum atomic E-state index is -0.168. The van der Waals surface area contributed by atoms with E-state index in [0.29, 0.717) is 62.1 Å². The molecule has 1 atom stereocenters. The van der Waals surface area contributed by atoms with Crippen molar-refractivity contribution < 1.29 is 18.8 Å². The second-order valence-corrected chi connectivity index (χ2v) is 8.62. The lowest BCUT2D eigenvalue weighted by molar-refractivity contribution is -0.117. The Bertz CT molecular complexity index is 1200. The Kier molecular flexibility index (Phi) is 5.68. The predicted molar refractivity (Wildman–Crippen MR) is 122 cm³/mol. The van der Waals surface area contributed by atoms with Crippen LogP contribution in [0.15, 0.2) is 47.0 Å². The number of nitrogens with zero attached hydrogens (tertiary/aromatic N) is 4. The molecular formula is C25H26N4O4. The third kappa shape index (κ3) is 4.26. The molecule has 2 saturated heterocycles. The highest BCUT2D eigenvalue weighted by Crippen LogP contribution is 2.32. The van der Waals surface area contributed by atoms with Crippen molar-refractivity contribution >= 4 is 17.5 Å². The topological polar surface area (TPSA) is 88.8 Å². The summed E-state index contributed by atoms with van der Waals surface area (Å²) < 4.78 is 10.9. The van der Waals surface area contributed by atoms with Crippen molar-refractivity contribution in [3.63, 3.8) is 0 Å². The van der Waals surface area contributed by atoms with Gasteiger partial charge in [-0.3, -0.25) is 9.59 Å². The number of benzene rings is 2. The van der Waals surface area contributed by atoms with E-state index in [-0.39, 0.29) is 17.7 Å². The van der Waals surface area contributed by atoms with Gasteiger partial charge in [0.1, 0.15) is 0 Å². The summed E-state index contributed by atoms with van der Waals surface area (Å²) in [6.07, 6.45) is 0.324. The Labute approximate surface area is 192 Å². The SMILES string of the molecule is Cc1ccc(N2C[C@H](c3nc(-c4cccc(C(=O)N5CCOCC5)c4)no3)CC2=O)cc1C. The van der Waals surface area contributed by atoms with Gasteiger partial charge >= 0.3 is 0 Å². The Morgan fingerprint density at radius 1 is 1.06 bits per heavy atom. The van der Waals surface area contributed by atoms with E-state index >= 15 is 0 Å². The van der Waals surface area contributed by atoms with E-state index in [1.165, 1.54) is 5.56 Å². The monoisotopic (exact) mass is 446 g/mol. The zero-order valence-electron chi connectivity index (χ0n) is 18.8. The molecule has 3 aromatic rings. The molecule has 8 heteroatoms. The third-order valence-electron chi connectivity index (χ3n) is 6.38. The maximum atomic E-state index is 12.8. The van der Waals surface area contributed by atoms with Gasteiger partial charge in [0.15, 0.2) is 0 Å². The van der Waals surface area contributed by atoms with Crippen molar-refractivity contribution in [3.8, 4) is 11.4 Å². The molecule has 33 heavy (non-hydrogen) atoms. The lowest BCUT2D eigenvalue weighted by Crippen LogP contribution is -2.40. The molecular weight excluding hydrogens is 420 g/mol. The van der Waals surface area contributed by atoms with Gasteiger partial charge in [0.05, 0.1) is 19.1 Å². The van der Waals surface area contributed by atoms with Gasteiger partial charge in [-0.15, -0.1) is 0 Å². The number of rotatable bonds is 4. The molecule has 2 fully saturated rings. The van der Waals surface area contributed by atoms with Crippen LogP contribution in [0.2, 0.25) is 0 Å². The maximum Gasteiger partial charge on any atom is 0.254 e. The highest BCUT2D eigenvalue weighted by atomic mass is 16.5. The smallest absolute Gasteiger partial charge is 0.254 e. The van der Waals surface area contributed by atoms with Crippen LogP contribution in [0, 0.1) is 13.8 Å². The molecule has 2 aliphatic heterocycles. The van der Waals surface area contributed by atoms with Crippen molar-refractivity contribution in [1.29, 1.82) is 0 Å². The molecule has 8 nitrogen and oxygen atoms in total. The van der Waals surface area contributed by atoms with Crippen molar-refractivity contribution in [2.45, 2.75) is 26.2 Å². The van der Waals surface area contributed by atoms with Crippen molar-refractivity contribution in [2.75, 3.05) is 37.7 Å². The second-order valence-electron chi connectivity index (χ2n) is 8.62. The zero-order chi connectivity index (χ0) is 22.9. The van der Waals surface area contributed by atoms with Crippen molar-refractivity contribution in [3.05, 3.63) is 65.0 Å². The van der Waals surface area contributed by atoms with Gasteiger partial charge in [-0.2, -0.15) is 4.98 Å². The summed E-state index contributed by atoms with van der Waals surface area (Å²) in [6.45, 7) is 6.87. The van der Waals surface area contributed by atoms with Crippen LogP contribution in [0.3, 0.4) is 0 Å². The number of ether oxygens (including phenoxy) is 1. The number of hydrogen-bond acceptors (Lipinski definition) is 6. The van der Waals surface area contributed by atoms with Gasteiger partial charge in [-0.25, -0.2) is 0 Å². The number of anilines is 1. The fraction of sp³-hybridized carbons (Fsp3) is 0.360. The minimum Gasteiger partial charge on any atom is -0.378 e. The second kappa shape index (κ2) is 8.78. The Morgan fingerprint density at radius 3 is 2.67 bits per heavy atom. The van der Waals surface area contributed by atoms with E-state index in [4.69, 9.17) is 9.26 Å². The van der Waals surface area contributed by atoms with E-state index in [0.717, 1.165) is 11.3 Å². The average Bonchev–Trinajstić information content (AvgIpc) is 3.48. The van der Waals surface area contributed by atoms with Crippen LogP contribution in [-0.2, 0) is 9.53 Å². The number of amides is 2. The summed E-state index contributed by atoms with van der Waals surface area (Å²) in [7, 11) is 0. The van der Waals surface area contributed by atoms with Crippen LogP contribution in [0.25, 0.3) is 11.4 Å². The van der Waals surface area contributed by atoms with Gasteiger partial charge < -0.3 is 19.1 Å². The number of carbonyl (C=O) groups is 2. The fourth-order valence-electron chi connectivity index (χ4n) is 4.27. The fourth-order valence-corrected chi connectivity index (χ4v) is 4.27. The third-order valence-corrected chi connectivity index (χ3v) is 6.38. The standard InChI is InChI=1S/C25H26N4O4/c1-16-6-7-21(12-17(16)2)29-15-20(14-22(29)30)24-26-23(27-33-24)18-4-3-5-19(13-18)25(31)28-8-10-32-11-9-28/h3-7,12-13,20H,8-11,14-15H2,1-2H3/t20-/m1/s1. The van der Waals surface area contributed by atoms with Gasteiger partial charge in [0.2, 0.25) is 17.6 Å². The van der Waals surface area contributed by atoms with Crippen LogP contribution in [0.5, 0.6) is 0 Å². The molecule has 170 valence electrons. The van der Waals surface area contributed by atoms with Crippen LogP contribution < -0.4 is 4.90 Å². The van der Waals surface area contributed by atoms with Gasteiger partial charge in [0, 0.05) is 42.9 Å². The van der Waals surface area contributed by atoms with Crippen LogP contribution >= 0.6 is 0 Å². The van der Waals surface area contributed by atoms with E-state index in [1.54, 1.807) is 21.9 Å². The molecule has 2 aromatic carbocycles. The molecule has 5 rings (SSSR count). The van der Waals surface area contributed by atoms with E-state index in [1.807, 2.05) is 37.3 Å². The zero-order valence-corrected chi connectivity index (χ0v) is 18.8. The van der Waals surface area contributed by atoms with E-state index < -0.39 is 0 Å². The molecule has 0 spiro atoms. The minimum absolute atomic E-state index is 0.0331. The Balaban J connectivity index is 1.33. The Morgan fingerprint density at radius 2 is 1.88 bits per heavy atom. The number of hydrogen-bond donors (Lipinski definition) is 0. The molecule has 2 amide bonds. The molecule has 0 N–H and O–H groups in total. The van der Waals surface area contributed by atoms with Crippen LogP contribution in [-0.4, -0.2) is 59.7 Å². The summed E-state index contributed by atoms with van der Waals surface area (Å²) in [5.41, 5.74) is 4.52. The summed E-state index contributed by atoms with van der Waals surface area (Å²) in [5.74, 6) is 0.697. The molecule has 0 saturated carbocycles. The summed E-state index contributed by atoms with van der Waals surface area (Å²) >= 11 is 0. The molecule has 2 aliphatic rings. The Hall–Kier alpha value is -3.52. The molecule has 0 unspecified atom stereocenters. The number of morpholine rings is 1. The average molecular weight is 447 g/mol. The van der Waals surface area contributed by atoms with Crippen molar-refractivity contribution in [2.24, 2.45) is 0 Å². The normalized spacial score (nSPS) is 18.7. The summed E-state index contributed by atoms with van der Waals surface area (Å²) in [4.78, 5) is 33.6. The largest absolute Gasteiger partial charge is 0.378 e. The first-order valence-corrected chi connectivity index (χ1v) is 11.2. The first-order valence-electron chi connectivity index (χ1n) is 11.2. The van der Waals surface area contributed by atoms with Crippen LogP contribution in [0.4, 0.5) is 5.69 Å². The van der Waals surface area contributed by atoms with Crippen LogP contribution in [0.1, 0.15) is 39.7 Å². The number of aromatic nitrogens is 2. The van der Waals surface area contributed by atoms with Gasteiger partial charge in [0.25, 0.3) is 5.91 Å². The van der Waals surface area contributed by atoms with Gasteiger partial charge in [-0.05, 0) is 49.2 Å². The highest BCUT2D eigenvalue weighted by molar-refractivity contribution is 5.96. The lowest BCUT2D eigenvalue weighted by Gasteiger charge is -2.26. The van der Waals surface area contributed by atoms with E-state index in [2.05, 4.69) is 17.1 Å².